The summed E-state index contributed by atoms with van der Waals surface area (Å²) in [6.07, 6.45) is 0.882. The highest BCUT2D eigenvalue weighted by atomic mass is 32.2. The molecule has 0 fully saturated rings. The standard InChI is InChI=1S/C19H20N2O5S/c1-11(18(23)21-13-6-4-12(5-7-13)17(20)22)26-19(24)15-9-8-14(27-3)10-16(15)25-2/h4-11H,1-3H3,(H2,20,22)(H,21,23). The molecule has 2 amide bonds. The van der Waals surface area contributed by atoms with Crippen molar-refractivity contribution in [3.8, 4) is 5.75 Å². The minimum absolute atomic E-state index is 0.237. The molecule has 1 atom stereocenters. The van der Waals surface area contributed by atoms with Crippen molar-refractivity contribution in [1.29, 1.82) is 0 Å². The summed E-state index contributed by atoms with van der Waals surface area (Å²) in [6, 6.07) is 11.2. The topological polar surface area (TPSA) is 108 Å². The van der Waals surface area contributed by atoms with Gasteiger partial charge in [0.1, 0.15) is 11.3 Å². The molecule has 27 heavy (non-hydrogen) atoms. The van der Waals surface area contributed by atoms with Gasteiger partial charge in [0.15, 0.2) is 6.10 Å². The van der Waals surface area contributed by atoms with Crippen LogP contribution >= 0.6 is 11.8 Å². The molecule has 7 nitrogen and oxygen atoms in total. The first-order valence-electron chi connectivity index (χ1n) is 7.99. The van der Waals surface area contributed by atoms with E-state index in [2.05, 4.69) is 5.32 Å². The Balaban J connectivity index is 2.03. The Bertz CT molecular complexity index is 852. The van der Waals surface area contributed by atoms with Gasteiger partial charge in [-0.05, 0) is 55.6 Å². The number of anilines is 1. The molecule has 142 valence electrons. The molecule has 0 aliphatic carbocycles. The van der Waals surface area contributed by atoms with Crippen molar-refractivity contribution in [1.82, 2.24) is 0 Å². The van der Waals surface area contributed by atoms with Crippen LogP contribution in [0.2, 0.25) is 0 Å². The third-order valence-corrected chi connectivity index (χ3v) is 4.44. The maximum atomic E-state index is 12.4. The number of hydrogen-bond acceptors (Lipinski definition) is 6. The Kier molecular flexibility index (Phi) is 6.84. The summed E-state index contributed by atoms with van der Waals surface area (Å²) < 4.78 is 10.5. The van der Waals surface area contributed by atoms with Gasteiger partial charge >= 0.3 is 5.97 Å². The molecule has 0 saturated carbocycles. The number of rotatable bonds is 7. The van der Waals surface area contributed by atoms with E-state index in [1.54, 1.807) is 18.2 Å². The Hall–Kier alpha value is -3.00. The number of primary amides is 1. The highest BCUT2D eigenvalue weighted by Crippen LogP contribution is 2.26. The molecule has 3 N–H and O–H groups in total. The van der Waals surface area contributed by atoms with E-state index in [-0.39, 0.29) is 5.56 Å². The van der Waals surface area contributed by atoms with Crippen LogP contribution in [-0.2, 0) is 9.53 Å². The number of nitrogens with two attached hydrogens (primary N) is 1. The predicted octanol–water partition coefficient (Wildman–Crippen LogP) is 2.70. The lowest BCUT2D eigenvalue weighted by atomic mass is 10.2. The van der Waals surface area contributed by atoms with Crippen LogP contribution in [0, 0.1) is 0 Å². The summed E-state index contributed by atoms with van der Waals surface area (Å²) >= 11 is 1.52. The number of carbonyl (C=O) groups excluding carboxylic acids is 3. The number of hydrogen-bond donors (Lipinski definition) is 2. The van der Waals surface area contributed by atoms with Gasteiger partial charge in [-0.1, -0.05) is 0 Å². The van der Waals surface area contributed by atoms with Gasteiger partial charge in [-0.3, -0.25) is 9.59 Å². The first-order valence-corrected chi connectivity index (χ1v) is 9.22. The molecule has 0 radical (unpaired) electrons. The zero-order valence-electron chi connectivity index (χ0n) is 15.1. The number of methoxy groups -OCH3 is 1. The van der Waals surface area contributed by atoms with Gasteiger partial charge in [0, 0.05) is 16.1 Å². The molecular formula is C19H20N2O5S. The molecule has 0 spiro atoms. The number of carbonyl (C=O) groups is 3. The first kappa shape index (κ1) is 20.3. The normalized spacial score (nSPS) is 11.4. The maximum Gasteiger partial charge on any atom is 0.342 e. The molecule has 2 aromatic carbocycles. The summed E-state index contributed by atoms with van der Waals surface area (Å²) in [6.45, 7) is 1.47. The lowest BCUT2D eigenvalue weighted by Crippen LogP contribution is -2.30. The molecule has 0 bridgehead atoms. The van der Waals surface area contributed by atoms with E-state index in [1.165, 1.54) is 50.1 Å². The fraction of sp³-hybridized carbons (Fsp3) is 0.211. The van der Waals surface area contributed by atoms with Crippen LogP contribution in [0.15, 0.2) is 47.4 Å². The molecule has 0 saturated heterocycles. The largest absolute Gasteiger partial charge is 0.496 e. The van der Waals surface area contributed by atoms with Crippen LogP contribution in [0.4, 0.5) is 5.69 Å². The highest BCUT2D eigenvalue weighted by molar-refractivity contribution is 7.98. The molecule has 8 heteroatoms. The van der Waals surface area contributed by atoms with Crippen LogP contribution in [0.25, 0.3) is 0 Å². The summed E-state index contributed by atoms with van der Waals surface area (Å²) in [5.74, 6) is -1.35. The second-order valence-corrected chi connectivity index (χ2v) is 6.42. The van der Waals surface area contributed by atoms with Gasteiger partial charge in [0.05, 0.1) is 7.11 Å². The van der Waals surface area contributed by atoms with Crippen molar-refractivity contribution in [2.75, 3.05) is 18.7 Å². The Morgan fingerprint density at radius 3 is 2.33 bits per heavy atom. The number of nitrogens with one attached hydrogen (secondary N) is 1. The Morgan fingerprint density at radius 1 is 1.11 bits per heavy atom. The van der Waals surface area contributed by atoms with Gasteiger partial charge in [0.2, 0.25) is 5.91 Å². The van der Waals surface area contributed by atoms with Crippen molar-refractivity contribution >= 4 is 35.2 Å². The smallest absolute Gasteiger partial charge is 0.342 e. The number of ether oxygens (including phenoxy) is 2. The third-order valence-electron chi connectivity index (χ3n) is 3.72. The number of amides is 2. The van der Waals surface area contributed by atoms with Crippen molar-refractivity contribution in [3.05, 3.63) is 53.6 Å². The monoisotopic (exact) mass is 388 g/mol. The quantitative estimate of drug-likeness (QED) is 0.558. The minimum atomic E-state index is -1.03. The van der Waals surface area contributed by atoms with Gasteiger partial charge in [0.25, 0.3) is 5.91 Å². The van der Waals surface area contributed by atoms with Crippen molar-refractivity contribution in [2.24, 2.45) is 5.73 Å². The molecule has 1 unspecified atom stereocenters. The zero-order chi connectivity index (χ0) is 20.0. The summed E-state index contributed by atoms with van der Waals surface area (Å²) in [7, 11) is 1.46. The van der Waals surface area contributed by atoms with Gasteiger partial charge < -0.3 is 20.5 Å². The average Bonchev–Trinajstić information content (AvgIpc) is 2.67. The second-order valence-electron chi connectivity index (χ2n) is 5.54. The fourth-order valence-corrected chi connectivity index (χ4v) is 2.64. The average molecular weight is 388 g/mol. The lowest BCUT2D eigenvalue weighted by Gasteiger charge is -2.15. The number of thioether (sulfide) groups is 1. The van der Waals surface area contributed by atoms with Gasteiger partial charge in [-0.25, -0.2) is 4.79 Å². The summed E-state index contributed by atoms with van der Waals surface area (Å²) in [5.41, 5.74) is 6.19. The van der Waals surface area contributed by atoms with Crippen LogP contribution < -0.4 is 15.8 Å². The van der Waals surface area contributed by atoms with Gasteiger partial charge in [-0.2, -0.15) is 0 Å². The Morgan fingerprint density at radius 2 is 1.78 bits per heavy atom. The lowest BCUT2D eigenvalue weighted by molar-refractivity contribution is -0.123. The van der Waals surface area contributed by atoms with Crippen LogP contribution in [0.3, 0.4) is 0 Å². The molecule has 2 rings (SSSR count). The molecule has 2 aromatic rings. The Labute approximate surface area is 161 Å². The van der Waals surface area contributed by atoms with Crippen molar-refractivity contribution in [2.45, 2.75) is 17.9 Å². The third kappa shape index (κ3) is 5.24. The van der Waals surface area contributed by atoms with E-state index in [4.69, 9.17) is 15.2 Å². The van der Waals surface area contributed by atoms with Gasteiger partial charge in [-0.15, -0.1) is 11.8 Å². The molecule has 0 aliphatic heterocycles. The van der Waals surface area contributed by atoms with E-state index in [0.717, 1.165) is 4.90 Å². The van der Waals surface area contributed by atoms with E-state index < -0.39 is 23.9 Å². The summed E-state index contributed by atoms with van der Waals surface area (Å²) in [4.78, 5) is 36.6. The molecule has 0 aromatic heterocycles. The predicted molar refractivity (Wildman–Crippen MR) is 103 cm³/mol. The maximum absolute atomic E-state index is 12.4. The van der Waals surface area contributed by atoms with Crippen molar-refractivity contribution in [3.63, 3.8) is 0 Å². The highest BCUT2D eigenvalue weighted by Gasteiger charge is 2.21. The number of esters is 1. The zero-order valence-corrected chi connectivity index (χ0v) is 16.0. The second kappa shape index (κ2) is 9.09. The van der Waals surface area contributed by atoms with Crippen LogP contribution in [-0.4, -0.2) is 37.3 Å². The summed E-state index contributed by atoms with van der Waals surface area (Å²) in [5, 5.41) is 2.61. The van der Waals surface area contributed by atoms with E-state index >= 15 is 0 Å². The van der Waals surface area contributed by atoms with Crippen LogP contribution in [0.5, 0.6) is 5.75 Å². The van der Waals surface area contributed by atoms with E-state index in [0.29, 0.717) is 17.0 Å². The minimum Gasteiger partial charge on any atom is -0.496 e. The molecular weight excluding hydrogens is 368 g/mol. The molecule has 0 aliphatic rings. The SMILES string of the molecule is COc1cc(SC)ccc1C(=O)OC(C)C(=O)Nc1ccc(C(N)=O)cc1. The molecule has 0 heterocycles. The fourth-order valence-electron chi connectivity index (χ4n) is 2.21. The van der Waals surface area contributed by atoms with E-state index in [1.807, 2.05) is 6.26 Å². The van der Waals surface area contributed by atoms with Crippen LogP contribution in [0.1, 0.15) is 27.6 Å². The van der Waals surface area contributed by atoms with Crippen molar-refractivity contribution < 1.29 is 23.9 Å². The number of benzene rings is 2. The van der Waals surface area contributed by atoms with E-state index in [9.17, 15) is 14.4 Å². The first-order chi connectivity index (χ1) is 12.8.